The van der Waals surface area contributed by atoms with Crippen LogP contribution >= 0.6 is 0 Å². The van der Waals surface area contributed by atoms with E-state index in [1.807, 2.05) is 38.1 Å². The molecule has 2 amide bonds. The lowest BCUT2D eigenvalue weighted by Gasteiger charge is -2.37. The predicted octanol–water partition coefficient (Wildman–Crippen LogP) is 0.656. The zero-order valence-corrected chi connectivity index (χ0v) is 12.6. The quantitative estimate of drug-likeness (QED) is 0.853. The zero-order valence-electron chi connectivity index (χ0n) is 12.6. The van der Waals surface area contributed by atoms with Crippen LogP contribution in [0.2, 0.25) is 0 Å². The molecule has 1 unspecified atom stereocenters. The fourth-order valence-corrected chi connectivity index (χ4v) is 2.88. The molecule has 1 aliphatic rings. The number of amides is 2. The highest BCUT2D eigenvalue weighted by Crippen LogP contribution is 2.26. The summed E-state index contributed by atoms with van der Waals surface area (Å²) in [6.07, 6.45) is 0.479. The first kappa shape index (κ1) is 15.5. The molecule has 114 valence electrons. The first-order valence-corrected chi connectivity index (χ1v) is 7.32. The van der Waals surface area contributed by atoms with Crippen LogP contribution in [0.25, 0.3) is 0 Å². The van der Waals surface area contributed by atoms with Crippen LogP contribution in [0.1, 0.15) is 25.0 Å². The fraction of sp³-hybridized carbons (Fsp3) is 0.500. The summed E-state index contributed by atoms with van der Waals surface area (Å²) in [4.78, 5) is 26.1. The SMILES string of the molecule is CC(C)C(CN)C(=O)N1Cc2ccccc2C[C@H]1C(N)=O. The van der Waals surface area contributed by atoms with Gasteiger partial charge in [0.1, 0.15) is 6.04 Å². The van der Waals surface area contributed by atoms with E-state index in [-0.39, 0.29) is 24.3 Å². The van der Waals surface area contributed by atoms with Crippen LogP contribution in [-0.4, -0.2) is 29.3 Å². The van der Waals surface area contributed by atoms with Crippen molar-refractivity contribution in [2.45, 2.75) is 32.9 Å². The highest BCUT2D eigenvalue weighted by molar-refractivity contribution is 5.88. The van der Waals surface area contributed by atoms with Gasteiger partial charge in [-0.05, 0) is 17.0 Å². The Labute approximate surface area is 125 Å². The largest absolute Gasteiger partial charge is 0.368 e. The van der Waals surface area contributed by atoms with Crippen molar-refractivity contribution in [2.75, 3.05) is 6.54 Å². The van der Waals surface area contributed by atoms with Gasteiger partial charge in [0.15, 0.2) is 0 Å². The molecule has 0 saturated carbocycles. The molecule has 0 saturated heterocycles. The van der Waals surface area contributed by atoms with Gasteiger partial charge in [-0.25, -0.2) is 0 Å². The highest BCUT2D eigenvalue weighted by Gasteiger charge is 2.36. The van der Waals surface area contributed by atoms with Gasteiger partial charge >= 0.3 is 0 Å². The van der Waals surface area contributed by atoms with Crippen molar-refractivity contribution in [1.29, 1.82) is 0 Å². The van der Waals surface area contributed by atoms with Crippen LogP contribution in [-0.2, 0) is 22.6 Å². The van der Waals surface area contributed by atoms with Gasteiger partial charge in [0.05, 0.1) is 5.92 Å². The molecule has 1 aliphatic heterocycles. The second-order valence-electron chi connectivity index (χ2n) is 5.94. The molecule has 1 aromatic rings. The van der Waals surface area contributed by atoms with E-state index in [9.17, 15) is 9.59 Å². The van der Waals surface area contributed by atoms with E-state index in [0.717, 1.165) is 11.1 Å². The van der Waals surface area contributed by atoms with Crippen LogP contribution in [0.15, 0.2) is 24.3 Å². The number of benzene rings is 1. The number of nitrogens with two attached hydrogens (primary N) is 2. The van der Waals surface area contributed by atoms with Crippen molar-refractivity contribution >= 4 is 11.8 Å². The van der Waals surface area contributed by atoms with Crippen molar-refractivity contribution in [3.63, 3.8) is 0 Å². The minimum atomic E-state index is -0.583. The number of fused-ring (bicyclic) bond motifs is 1. The monoisotopic (exact) mass is 289 g/mol. The van der Waals surface area contributed by atoms with Crippen molar-refractivity contribution in [1.82, 2.24) is 4.90 Å². The minimum Gasteiger partial charge on any atom is -0.368 e. The Kier molecular flexibility index (Phi) is 4.63. The van der Waals surface area contributed by atoms with Crippen LogP contribution < -0.4 is 11.5 Å². The lowest BCUT2D eigenvalue weighted by atomic mass is 9.89. The predicted molar refractivity (Wildman–Crippen MR) is 81.1 cm³/mol. The molecule has 0 bridgehead atoms. The number of hydrogen-bond donors (Lipinski definition) is 2. The maximum absolute atomic E-state index is 12.7. The zero-order chi connectivity index (χ0) is 15.6. The molecule has 0 fully saturated rings. The van der Waals surface area contributed by atoms with Gasteiger partial charge in [0.25, 0.3) is 0 Å². The van der Waals surface area contributed by atoms with Crippen LogP contribution in [0.5, 0.6) is 0 Å². The fourth-order valence-electron chi connectivity index (χ4n) is 2.88. The van der Waals surface area contributed by atoms with Crippen LogP contribution in [0.4, 0.5) is 0 Å². The topological polar surface area (TPSA) is 89.4 Å². The van der Waals surface area contributed by atoms with Gasteiger partial charge in [0.2, 0.25) is 11.8 Å². The van der Waals surface area contributed by atoms with E-state index in [1.165, 1.54) is 0 Å². The van der Waals surface area contributed by atoms with Crippen LogP contribution in [0.3, 0.4) is 0 Å². The third kappa shape index (κ3) is 3.08. The summed E-state index contributed by atoms with van der Waals surface area (Å²) in [5.74, 6) is -0.687. The number of hydrogen-bond acceptors (Lipinski definition) is 3. The summed E-state index contributed by atoms with van der Waals surface area (Å²) in [6.45, 7) is 4.63. The summed E-state index contributed by atoms with van der Waals surface area (Å²) in [5, 5.41) is 0. The normalized spacial score (nSPS) is 19.2. The van der Waals surface area contributed by atoms with E-state index in [1.54, 1.807) is 4.90 Å². The molecule has 21 heavy (non-hydrogen) atoms. The molecular formula is C16H23N3O2. The number of carbonyl (C=O) groups is 2. The molecule has 0 aromatic heterocycles. The Morgan fingerprint density at radius 1 is 1.29 bits per heavy atom. The smallest absolute Gasteiger partial charge is 0.240 e. The van der Waals surface area contributed by atoms with Crippen molar-refractivity contribution in [3.05, 3.63) is 35.4 Å². The summed E-state index contributed by atoms with van der Waals surface area (Å²) in [5.41, 5.74) is 13.4. The Bertz CT molecular complexity index is 542. The second kappa shape index (κ2) is 6.26. The van der Waals surface area contributed by atoms with E-state index in [4.69, 9.17) is 11.5 Å². The Hall–Kier alpha value is -1.88. The van der Waals surface area contributed by atoms with E-state index in [2.05, 4.69) is 0 Å². The third-order valence-corrected chi connectivity index (χ3v) is 4.24. The molecule has 0 aliphatic carbocycles. The Morgan fingerprint density at radius 3 is 2.43 bits per heavy atom. The number of carbonyl (C=O) groups excluding carboxylic acids is 2. The van der Waals surface area contributed by atoms with Gasteiger partial charge in [-0.2, -0.15) is 0 Å². The molecule has 4 N–H and O–H groups in total. The van der Waals surface area contributed by atoms with Gasteiger partial charge in [-0.15, -0.1) is 0 Å². The highest BCUT2D eigenvalue weighted by atomic mass is 16.2. The Balaban J connectivity index is 2.32. The van der Waals surface area contributed by atoms with Gasteiger partial charge in [0, 0.05) is 19.5 Å². The standard InChI is InChI=1S/C16H23N3O2/c1-10(2)13(8-17)16(21)19-9-12-6-4-3-5-11(12)7-14(19)15(18)20/h3-6,10,13-14H,7-9,17H2,1-2H3,(H2,18,20)/t13?,14-/m0/s1. The second-order valence-corrected chi connectivity index (χ2v) is 5.94. The maximum Gasteiger partial charge on any atom is 0.240 e. The average Bonchev–Trinajstić information content (AvgIpc) is 2.46. The molecular weight excluding hydrogens is 266 g/mol. The summed E-state index contributed by atoms with van der Waals surface area (Å²) >= 11 is 0. The molecule has 0 spiro atoms. The van der Waals surface area contributed by atoms with Gasteiger partial charge < -0.3 is 16.4 Å². The first-order chi connectivity index (χ1) is 9.95. The molecule has 1 aromatic carbocycles. The third-order valence-electron chi connectivity index (χ3n) is 4.24. The van der Waals surface area contributed by atoms with Gasteiger partial charge in [-0.3, -0.25) is 9.59 Å². The maximum atomic E-state index is 12.7. The number of primary amides is 1. The Morgan fingerprint density at radius 2 is 1.90 bits per heavy atom. The molecule has 5 nitrogen and oxygen atoms in total. The van der Waals surface area contributed by atoms with Crippen molar-refractivity contribution < 1.29 is 9.59 Å². The van der Waals surface area contributed by atoms with Crippen molar-refractivity contribution in [3.8, 4) is 0 Å². The molecule has 2 atom stereocenters. The molecule has 0 radical (unpaired) electrons. The van der Waals surface area contributed by atoms with Crippen LogP contribution in [0, 0.1) is 11.8 Å². The average molecular weight is 289 g/mol. The van der Waals surface area contributed by atoms with E-state index >= 15 is 0 Å². The van der Waals surface area contributed by atoms with Crippen molar-refractivity contribution in [2.24, 2.45) is 23.3 Å². The summed E-state index contributed by atoms with van der Waals surface area (Å²) in [6, 6.07) is 7.26. The minimum absolute atomic E-state index is 0.0780. The molecule has 5 heteroatoms. The lowest BCUT2D eigenvalue weighted by Crippen LogP contribution is -2.54. The first-order valence-electron chi connectivity index (χ1n) is 7.32. The van der Waals surface area contributed by atoms with E-state index < -0.39 is 11.9 Å². The summed E-state index contributed by atoms with van der Waals surface area (Å²) < 4.78 is 0. The molecule has 2 rings (SSSR count). The van der Waals surface area contributed by atoms with Gasteiger partial charge in [-0.1, -0.05) is 38.1 Å². The molecule has 1 heterocycles. The lowest BCUT2D eigenvalue weighted by molar-refractivity contribution is -0.145. The van der Waals surface area contributed by atoms with E-state index in [0.29, 0.717) is 13.0 Å². The number of nitrogens with zero attached hydrogens (tertiary/aromatic N) is 1. The summed E-state index contributed by atoms with van der Waals surface area (Å²) in [7, 11) is 0. The number of rotatable bonds is 4.